The predicted molar refractivity (Wildman–Crippen MR) is 61.7 cm³/mol. The molecule has 3 nitrogen and oxygen atoms in total. The number of alkyl halides is 1. The fourth-order valence-corrected chi connectivity index (χ4v) is 1.93. The van der Waals surface area contributed by atoms with E-state index in [1.165, 1.54) is 0 Å². The van der Waals surface area contributed by atoms with Crippen LogP contribution in [-0.2, 0) is 5.88 Å². The number of nitrogens with one attached hydrogen (secondary N) is 1. The van der Waals surface area contributed by atoms with Gasteiger partial charge in [-0.2, -0.15) is 0 Å². The average Bonchev–Trinajstić information content (AvgIpc) is 2.15. The first kappa shape index (κ1) is 10.5. The average molecular weight is 243 g/mol. The third-order valence-electron chi connectivity index (χ3n) is 2.15. The van der Waals surface area contributed by atoms with E-state index in [1.807, 2.05) is 6.92 Å². The van der Waals surface area contributed by atoms with Crippen LogP contribution in [0.2, 0.25) is 5.02 Å². The number of rotatable bonds is 1. The molecule has 1 N–H and O–H groups in total. The SMILES string of the molecule is Cc1cc(Cl)cc2nc(CCl)[nH]c(=O)c12. The minimum Gasteiger partial charge on any atom is -0.309 e. The number of halogens is 2. The molecule has 5 heteroatoms. The Morgan fingerprint density at radius 1 is 1.47 bits per heavy atom. The second-order valence-corrected chi connectivity index (χ2v) is 3.97. The van der Waals surface area contributed by atoms with Crippen molar-refractivity contribution < 1.29 is 0 Å². The molecule has 0 bridgehead atoms. The highest BCUT2D eigenvalue weighted by molar-refractivity contribution is 6.31. The first-order chi connectivity index (χ1) is 7.11. The first-order valence-corrected chi connectivity index (χ1v) is 5.28. The number of fused-ring (bicyclic) bond motifs is 1. The minimum atomic E-state index is -0.176. The molecule has 0 fully saturated rings. The summed E-state index contributed by atoms with van der Waals surface area (Å²) < 4.78 is 0. The van der Waals surface area contributed by atoms with E-state index in [2.05, 4.69) is 9.97 Å². The van der Waals surface area contributed by atoms with Gasteiger partial charge in [-0.1, -0.05) is 11.6 Å². The van der Waals surface area contributed by atoms with Gasteiger partial charge in [0, 0.05) is 5.02 Å². The highest BCUT2D eigenvalue weighted by atomic mass is 35.5. The molecular weight excluding hydrogens is 235 g/mol. The van der Waals surface area contributed by atoms with Crippen LogP contribution in [0.25, 0.3) is 10.9 Å². The van der Waals surface area contributed by atoms with Crippen LogP contribution in [0, 0.1) is 6.92 Å². The maximum Gasteiger partial charge on any atom is 0.259 e. The van der Waals surface area contributed by atoms with Crippen LogP contribution in [0.4, 0.5) is 0 Å². The van der Waals surface area contributed by atoms with Crippen LogP contribution in [0.3, 0.4) is 0 Å². The van der Waals surface area contributed by atoms with Crippen LogP contribution in [0.15, 0.2) is 16.9 Å². The lowest BCUT2D eigenvalue weighted by atomic mass is 10.1. The Morgan fingerprint density at radius 3 is 2.87 bits per heavy atom. The Morgan fingerprint density at radius 2 is 2.20 bits per heavy atom. The normalized spacial score (nSPS) is 10.9. The summed E-state index contributed by atoms with van der Waals surface area (Å²) in [4.78, 5) is 18.5. The molecule has 0 spiro atoms. The number of hydrogen-bond donors (Lipinski definition) is 1. The zero-order valence-corrected chi connectivity index (χ0v) is 9.49. The molecule has 1 aromatic carbocycles. The smallest absolute Gasteiger partial charge is 0.259 e. The summed E-state index contributed by atoms with van der Waals surface area (Å²) in [6.07, 6.45) is 0. The summed E-state index contributed by atoms with van der Waals surface area (Å²) in [7, 11) is 0. The topological polar surface area (TPSA) is 45.8 Å². The molecule has 0 aliphatic rings. The maximum atomic E-state index is 11.7. The molecule has 0 radical (unpaired) electrons. The number of benzene rings is 1. The van der Waals surface area contributed by atoms with E-state index in [0.717, 1.165) is 5.56 Å². The van der Waals surface area contributed by atoms with Crippen LogP contribution < -0.4 is 5.56 Å². The van der Waals surface area contributed by atoms with Gasteiger partial charge < -0.3 is 4.98 Å². The lowest BCUT2D eigenvalue weighted by Gasteiger charge is -2.03. The molecule has 0 aliphatic heterocycles. The molecule has 1 heterocycles. The van der Waals surface area contributed by atoms with E-state index < -0.39 is 0 Å². The molecule has 2 aromatic rings. The Balaban J connectivity index is 2.91. The molecule has 2 rings (SSSR count). The van der Waals surface area contributed by atoms with Crippen LogP contribution in [0.5, 0.6) is 0 Å². The van der Waals surface area contributed by atoms with Crippen molar-refractivity contribution in [3.8, 4) is 0 Å². The molecule has 0 unspecified atom stereocenters. The van der Waals surface area contributed by atoms with Gasteiger partial charge in [0.2, 0.25) is 0 Å². The van der Waals surface area contributed by atoms with Crippen molar-refractivity contribution in [3.05, 3.63) is 38.9 Å². The van der Waals surface area contributed by atoms with Crippen molar-refractivity contribution in [3.63, 3.8) is 0 Å². The molecular formula is C10H8Cl2N2O. The summed E-state index contributed by atoms with van der Waals surface area (Å²) in [6, 6.07) is 3.40. The maximum absolute atomic E-state index is 11.7. The van der Waals surface area contributed by atoms with Gasteiger partial charge >= 0.3 is 0 Å². The number of aromatic amines is 1. The monoisotopic (exact) mass is 242 g/mol. The standard InChI is InChI=1S/C10H8Cl2N2O/c1-5-2-6(12)3-7-9(5)10(15)14-8(4-11)13-7/h2-3H,4H2,1H3,(H,13,14,15). The van der Waals surface area contributed by atoms with Crippen molar-refractivity contribution in [1.82, 2.24) is 9.97 Å². The van der Waals surface area contributed by atoms with Gasteiger partial charge in [-0.25, -0.2) is 4.98 Å². The van der Waals surface area contributed by atoms with Crippen LogP contribution in [-0.4, -0.2) is 9.97 Å². The molecule has 0 atom stereocenters. The van der Waals surface area contributed by atoms with Gasteiger partial charge in [0.15, 0.2) is 0 Å². The molecule has 0 aliphatic carbocycles. The van der Waals surface area contributed by atoms with Crippen molar-refractivity contribution in [1.29, 1.82) is 0 Å². The summed E-state index contributed by atoms with van der Waals surface area (Å²) in [5.74, 6) is 0.632. The molecule has 78 valence electrons. The van der Waals surface area contributed by atoms with Gasteiger partial charge in [-0.15, -0.1) is 11.6 Å². The fraction of sp³-hybridized carbons (Fsp3) is 0.200. The van der Waals surface area contributed by atoms with E-state index in [-0.39, 0.29) is 11.4 Å². The molecule has 0 amide bonds. The molecule has 1 aromatic heterocycles. The van der Waals surface area contributed by atoms with Gasteiger partial charge in [-0.05, 0) is 24.6 Å². The Hall–Kier alpha value is -1.06. The Bertz CT molecular complexity index is 577. The first-order valence-electron chi connectivity index (χ1n) is 4.37. The van der Waals surface area contributed by atoms with Gasteiger partial charge in [-0.3, -0.25) is 4.79 Å². The molecule has 0 saturated carbocycles. The van der Waals surface area contributed by atoms with E-state index in [9.17, 15) is 4.79 Å². The number of H-pyrrole nitrogens is 1. The van der Waals surface area contributed by atoms with E-state index in [0.29, 0.717) is 21.7 Å². The van der Waals surface area contributed by atoms with Crippen molar-refractivity contribution >= 4 is 34.1 Å². The third kappa shape index (κ3) is 1.85. The van der Waals surface area contributed by atoms with Gasteiger partial charge in [0.25, 0.3) is 5.56 Å². The lowest BCUT2D eigenvalue weighted by Crippen LogP contribution is -2.12. The zero-order valence-electron chi connectivity index (χ0n) is 7.97. The fourth-order valence-electron chi connectivity index (χ4n) is 1.54. The minimum absolute atomic E-state index is 0.176. The number of aryl methyl sites for hydroxylation is 1. The number of aromatic nitrogens is 2. The summed E-state index contributed by atoms with van der Waals surface area (Å²) >= 11 is 11.5. The second kappa shape index (κ2) is 3.83. The number of hydrogen-bond acceptors (Lipinski definition) is 2. The molecule has 0 saturated heterocycles. The van der Waals surface area contributed by atoms with E-state index in [1.54, 1.807) is 12.1 Å². The highest BCUT2D eigenvalue weighted by Crippen LogP contribution is 2.19. The van der Waals surface area contributed by atoms with E-state index >= 15 is 0 Å². The van der Waals surface area contributed by atoms with Crippen molar-refractivity contribution in [2.45, 2.75) is 12.8 Å². The van der Waals surface area contributed by atoms with Crippen molar-refractivity contribution in [2.24, 2.45) is 0 Å². The summed E-state index contributed by atoms with van der Waals surface area (Å²) in [6.45, 7) is 1.82. The number of nitrogens with zero attached hydrogens (tertiary/aromatic N) is 1. The summed E-state index contributed by atoms with van der Waals surface area (Å²) in [5.41, 5.74) is 1.22. The Labute approximate surface area is 96.1 Å². The van der Waals surface area contributed by atoms with Crippen molar-refractivity contribution in [2.75, 3.05) is 0 Å². The van der Waals surface area contributed by atoms with Gasteiger partial charge in [0.1, 0.15) is 5.82 Å². The van der Waals surface area contributed by atoms with E-state index in [4.69, 9.17) is 23.2 Å². The van der Waals surface area contributed by atoms with Gasteiger partial charge in [0.05, 0.1) is 16.8 Å². The molecule has 15 heavy (non-hydrogen) atoms. The highest BCUT2D eigenvalue weighted by Gasteiger charge is 2.07. The van der Waals surface area contributed by atoms with Crippen LogP contribution in [0.1, 0.15) is 11.4 Å². The Kier molecular flexibility index (Phi) is 2.67. The quantitative estimate of drug-likeness (QED) is 0.782. The zero-order chi connectivity index (χ0) is 11.0. The van der Waals surface area contributed by atoms with Crippen LogP contribution >= 0.6 is 23.2 Å². The largest absolute Gasteiger partial charge is 0.309 e. The second-order valence-electron chi connectivity index (χ2n) is 3.26. The summed E-state index contributed by atoms with van der Waals surface area (Å²) in [5, 5.41) is 1.13. The predicted octanol–water partition coefficient (Wildman–Crippen LogP) is 2.62. The third-order valence-corrected chi connectivity index (χ3v) is 2.62. The lowest BCUT2D eigenvalue weighted by molar-refractivity contribution is 1.03.